The minimum Gasteiger partial charge on any atom is -0.495 e. The summed E-state index contributed by atoms with van der Waals surface area (Å²) < 4.78 is 31.6. The molecular weight excluding hydrogens is 318 g/mol. The quantitative estimate of drug-likeness (QED) is 0.888. The number of nitrogens with zero attached hydrogens (tertiary/aromatic N) is 1. The number of aliphatic carboxylic acids is 1. The fraction of sp³-hybridized carbons (Fsp3) is 0.462. The first kappa shape index (κ1) is 16.1. The van der Waals surface area contributed by atoms with E-state index in [1.165, 1.54) is 29.6 Å². The molecule has 21 heavy (non-hydrogen) atoms. The van der Waals surface area contributed by atoms with Gasteiger partial charge in [-0.15, -0.1) is 0 Å². The number of ether oxygens (including phenoxy) is 1. The Kier molecular flexibility index (Phi) is 4.75. The molecule has 116 valence electrons. The predicted octanol–water partition coefficient (Wildman–Crippen LogP) is 1.83. The second-order valence-corrected chi connectivity index (χ2v) is 7.25. The minimum atomic E-state index is -3.71. The molecule has 0 spiro atoms. The number of carboxylic acids is 1. The molecule has 0 aliphatic carbocycles. The zero-order chi connectivity index (χ0) is 15.6. The Bertz CT molecular complexity index is 646. The number of methoxy groups -OCH3 is 1. The van der Waals surface area contributed by atoms with Crippen LogP contribution in [-0.2, 0) is 14.8 Å². The fourth-order valence-electron chi connectivity index (χ4n) is 2.42. The van der Waals surface area contributed by atoms with Gasteiger partial charge in [-0.2, -0.15) is 4.31 Å². The zero-order valence-corrected chi connectivity index (χ0v) is 13.0. The van der Waals surface area contributed by atoms with E-state index >= 15 is 0 Å². The van der Waals surface area contributed by atoms with E-state index in [0.717, 1.165) is 0 Å². The van der Waals surface area contributed by atoms with Gasteiger partial charge in [0, 0.05) is 30.6 Å². The van der Waals surface area contributed by atoms with Crippen LogP contribution < -0.4 is 4.74 Å². The average Bonchev–Trinajstić information content (AvgIpc) is 2.86. The lowest BCUT2D eigenvalue weighted by Gasteiger charge is -2.18. The first-order valence-electron chi connectivity index (χ1n) is 6.40. The van der Waals surface area contributed by atoms with Crippen molar-refractivity contribution in [3.63, 3.8) is 0 Å². The average molecular weight is 334 g/mol. The first-order valence-corrected chi connectivity index (χ1v) is 8.22. The number of hydrogen-bond donors (Lipinski definition) is 1. The van der Waals surface area contributed by atoms with Gasteiger partial charge >= 0.3 is 5.97 Å². The first-order chi connectivity index (χ1) is 9.84. The van der Waals surface area contributed by atoms with Crippen LogP contribution in [0.25, 0.3) is 0 Å². The SMILES string of the molecule is COc1cc(Cl)ccc1S(=O)(=O)N1CCC(CC(=O)O)C1. The van der Waals surface area contributed by atoms with Crippen LogP contribution in [-0.4, -0.2) is 44.0 Å². The fourth-order valence-corrected chi connectivity index (χ4v) is 4.25. The molecule has 0 aromatic heterocycles. The van der Waals surface area contributed by atoms with Crippen molar-refractivity contribution < 1.29 is 23.1 Å². The van der Waals surface area contributed by atoms with Crippen LogP contribution in [0.2, 0.25) is 5.02 Å². The maximum atomic E-state index is 12.6. The van der Waals surface area contributed by atoms with E-state index in [0.29, 0.717) is 18.0 Å². The largest absolute Gasteiger partial charge is 0.495 e. The molecule has 1 N–H and O–H groups in total. The lowest BCUT2D eigenvalue weighted by atomic mass is 10.1. The van der Waals surface area contributed by atoms with E-state index in [2.05, 4.69) is 0 Å². The van der Waals surface area contributed by atoms with Gasteiger partial charge in [0.25, 0.3) is 0 Å². The van der Waals surface area contributed by atoms with Gasteiger partial charge in [-0.3, -0.25) is 4.79 Å². The molecule has 1 fully saturated rings. The molecule has 1 unspecified atom stereocenters. The summed E-state index contributed by atoms with van der Waals surface area (Å²) in [7, 11) is -2.33. The van der Waals surface area contributed by atoms with Crippen LogP contribution in [0.4, 0.5) is 0 Å². The van der Waals surface area contributed by atoms with Crippen LogP contribution in [0.1, 0.15) is 12.8 Å². The minimum absolute atomic E-state index is 0.0240. The Morgan fingerprint density at radius 3 is 2.86 bits per heavy atom. The van der Waals surface area contributed by atoms with Crippen molar-refractivity contribution >= 4 is 27.6 Å². The van der Waals surface area contributed by atoms with Gasteiger partial charge in [-0.25, -0.2) is 8.42 Å². The smallest absolute Gasteiger partial charge is 0.303 e. The van der Waals surface area contributed by atoms with Crippen molar-refractivity contribution in [1.82, 2.24) is 4.31 Å². The highest BCUT2D eigenvalue weighted by Crippen LogP contribution is 2.32. The topological polar surface area (TPSA) is 83.9 Å². The van der Waals surface area contributed by atoms with E-state index in [-0.39, 0.29) is 29.5 Å². The van der Waals surface area contributed by atoms with Crippen molar-refractivity contribution in [3.8, 4) is 5.75 Å². The summed E-state index contributed by atoms with van der Waals surface area (Å²) in [6.07, 6.45) is 0.519. The second-order valence-electron chi connectivity index (χ2n) is 4.91. The van der Waals surface area contributed by atoms with Crippen molar-refractivity contribution in [2.24, 2.45) is 5.92 Å². The molecule has 8 heteroatoms. The van der Waals surface area contributed by atoms with Gasteiger partial charge in [0.05, 0.1) is 7.11 Å². The molecule has 6 nitrogen and oxygen atoms in total. The van der Waals surface area contributed by atoms with Crippen LogP contribution in [0, 0.1) is 5.92 Å². The molecule has 1 aromatic carbocycles. The summed E-state index contributed by atoms with van der Waals surface area (Å²) in [6, 6.07) is 4.34. The van der Waals surface area contributed by atoms with E-state index in [1.54, 1.807) is 0 Å². The molecule has 0 saturated carbocycles. The van der Waals surface area contributed by atoms with Gasteiger partial charge in [-0.05, 0) is 24.5 Å². The maximum Gasteiger partial charge on any atom is 0.303 e. The third-order valence-electron chi connectivity index (χ3n) is 3.46. The van der Waals surface area contributed by atoms with Crippen molar-refractivity contribution in [3.05, 3.63) is 23.2 Å². The van der Waals surface area contributed by atoms with E-state index in [9.17, 15) is 13.2 Å². The van der Waals surface area contributed by atoms with Gasteiger partial charge in [-0.1, -0.05) is 11.6 Å². The molecular formula is C13H16ClNO5S. The Balaban J connectivity index is 2.25. The highest BCUT2D eigenvalue weighted by atomic mass is 35.5. The van der Waals surface area contributed by atoms with E-state index < -0.39 is 16.0 Å². The number of rotatable bonds is 5. The number of halogens is 1. The summed E-state index contributed by atoms with van der Waals surface area (Å²) in [6.45, 7) is 0.520. The summed E-state index contributed by atoms with van der Waals surface area (Å²) >= 11 is 5.83. The standard InChI is InChI=1S/C13H16ClNO5S/c1-20-11-7-10(14)2-3-12(11)21(18,19)15-5-4-9(8-15)6-13(16)17/h2-3,7,9H,4-6,8H2,1H3,(H,16,17). The van der Waals surface area contributed by atoms with Crippen LogP contribution in [0.15, 0.2) is 23.1 Å². The molecule has 1 saturated heterocycles. The van der Waals surface area contributed by atoms with Crippen LogP contribution >= 0.6 is 11.6 Å². The van der Waals surface area contributed by atoms with Crippen molar-refractivity contribution in [2.45, 2.75) is 17.7 Å². The molecule has 0 radical (unpaired) electrons. The third kappa shape index (κ3) is 3.48. The van der Waals surface area contributed by atoms with E-state index in [1.807, 2.05) is 0 Å². The Labute approximate surface area is 128 Å². The van der Waals surface area contributed by atoms with Gasteiger partial charge in [0.15, 0.2) is 0 Å². The summed E-state index contributed by atoms with van der Waals surface area (Å²) in [5, 5.41) is 9.18. The van der Waals surface area contributed by atoms with Gasteiger partial charge in [0.1, 0.15) is 10.6 Å². The molecule has 0 amide bonds. The lowest BCUT2D eigenvalue weighted by Crippen LogP contribution is -2.29. The van der Waals surface area contributed by atoms with Crippen LogP contribution in [0.5, 0.6) is 5.75 Å². The highest BCUT2D eigenvalue weighted by molar-refractivity contribution is 7.89. The Hall–Kier alpha value is -1.31. The summed E-state index contributed by atoms with van der Waals surface area (Å²) in [5.41, 5.74) is 0. The summed E-state index contributed by atoms with van der Waals surface area (Å²) in [4.78, 5) is 10.8. The normalized spacial score (nSPS) is 19.6. The van der Waals surface area contributed by atoms with Gasteiger partial charge < -0.3 is 9.84 Å². The molecule has 1 atom stereocenters. The third-order valence-corrected chi connectivity index (χ3v) is 5.60. The number of carbonyl (C=O) groups is 1. The molecule has 1 heterocycles. The Morgan fingerprint density at radius 2 is 2.24 bits per heavy atom. The number of sulfonamides is 1. The van der Waals surface area contributed by atoms with Crippen molar-refractivity contribution in [1.29, 1.82) is 0 Å². The zero-order valence-electron chi connectivity index (χ0n) is 11.5. The predicted molar refractivity (Wildman–Crippen MR) is 77.1 cm³/mol. The number of benzene rings is 1. The molecule has 1 aromatic rings. The van der Waals surface area contributed by atoms with Crippen molar-refractivity contribution in [2.75, 3.05) is 20.2 Å². The maximum absolute atomic E-state index is 12.6. The highest BCUT2D eigenvalue weighted by Gasteiger charge is 2.35. The lowest BCUT2D eigenvalue weighted by molar-refractivity contribution is -0.137. The Morgan fingerprint density at radius 1 is 1.52 bits per heavy atom. The monoisotopic (exact) mass is 333 g/mol. The molecule has 0 bridgehead atoms. The number of hydrogen-bond acceptors (Lipinski definition) is 4. The molecule has 2 rings (SSSR count). The van der Waals surface area contributed by atoms with Crippen LogP contribution in [0.3, 0.4) is 0 Å². The number of carboxylic acid groups (broad SMARTS) is 1. The van der Waals surface area contributed by atoms with Gasteiger partial charge in [0.2, 0.25) is 10.0 Å². The summed E-state index contributed by atoms with van der Waals surface area (Å²) in [5.74, 6) is -0.886. The molecule has 1 aliphatic rings. The second kappa shape index (κ2) is 6.21. The molecule has 1 aliphatic heterocycles. The van der Waals surface area contributed by atoms with E-state index in [4.69, 9.17) is 21.4 Å².